The van der Waals surface area contributed by atoms with Crippen LogP contribution in [-0.2, 0) is 0 Å². The molecule has 17 heavy (non-hydrogen) atoms. The predicted molar refractivity (Wildman–Crippen MR) is 79.7 cm³/mol. The number of nitrogens with zero attached hydrogens (tertiary/aromatic N) is 1. The summed E-state index contributed by atoms with van der Waals surface area (Å²) >= 11 is 6.61. The Morgan fingerprint density at radius 1 is 1.35 bits per heavy atom. The van der Waals surface area contributed by atoms with Crippen molar-refractivity contribution in [3.8, 4) is 0 Å². The van der Waals surface area contributed by atoms with Crippen LogP contribution in [0.15, 0.2) is 9.69 Å². The molecule has 0 aliphatic carbocycles. The monoisotopic (exact) mass is 271 g/mol. The first-order valence-electron chi connectivity index (χ1n) is 5.86. The second kappa shape index (κ2) is 5.53. The maximum absolute atomic E-state index is 11.5. The van der Waals surface area contributed by atoms with Gasteiger partial charge in [-0.25, -0.2) is 0 Å². The zero-order chi connectivity index (χ0) is 13.2. The summed E-state index contributed by atoms with van der Waals surface area (Å²) in [5.74, 6) is 0. The SMILES string of the molecule is CSc1c(N(C)CCCC(C)(C)C)c(=S)c1=O. The molecule has 1 rings (SSSR count). The third kappa shape index (κ3) is 3.55. The van der Waals surface area contributed by atoms with E-state index in [-0.39, 0.29) is 5.43 Å². The Bertz CT molecular complexity index is 452. The lowest BCUT2D eigenvalue weighted by Gasteiger charge is -2.25. The Morgan fingerprint density at radius 2 is 1.94 bits per heavy atom. The minimum atomic E-state index is 0.0465. The van der Waals surface area contributed by atoms with E-state index in [2.05, 4.69) is 25.7 Å². The van der Waals surface area contributed by atoms with Gasteiger partial charge in [0, 0.05) is 13.6 Å². The maximum Gasteiger partial charge on any atom is 0.214 e. The molecule has 0 N–H and O–H groups in total. The molecule has 0 aliphatic rings. The summed E-state index contributed by atoms with van der Waals surface area (Å²) in [4.78, 5) is 14.4. The first kappa shape index (κ1) is 14.7. The third-order valence-corrected chi connectivity index (χ3v) is 4.01. The molecule has 0 aliphatic heterocycles. The first-order chi connectivity index (χ1) is 7.78. The number of anilines is 1. The molecule has 96 valence electrons. The quantitative estimate of drug-likeness (QED) is 0.601. The molecule has 0 unspecified atom stereocenters. The van der Waals surface area contributed by atoms with Crippen LogP contribution in [0.3, 0.4) is 0 Å². The zero-order valence-corrected chi connectivity index (χ0v) is 12.9. The molecule has 0 spiro atoms. The molecular formula is C13H21NOS2. The summed E-state index contributed by atoms with van der Waals surface area (Å²) in [5.41, 5.74) is 1.39. The van der Waals surface area contributed by atoms with Crippen LogP contribution in [-0.4, -0.2) is 19.8 Å². The Hall–Kier alpha value is -0.350. The fourth-order valence-corrected chi connectivity index (χ4v) is 3.08. The molecule has 1 aromatic carbocycles. The van der Waals surface area contributed by atoms with E-state index in [1.54, 1.807) is 0 Å². The van der Waals surface area contributed by atoms with Gasteiger partial charge in [-0.3, -0.25) is 4.79 Å². The first-order valence-corrected chi connectivity index (χ1v) is 7.49. The Labute approximate surface area is 113 Å². The van der Waals surface area contributed by atoms with Crippen molar-refractivity contribution in [3.05, 3.63) is 14.7 Å². The molecule has 4 heteroatoms. The van der Waals surface area contributed by atoms with Crippen molar-refractivity contribution in [1.82, 2.24) is 0 Å². The topological polar surface area (TPSA) is 20.3 Å². The highest BCUT2D eigenvalue weighted by Gasteiger charge is 2.20. The lowest BCUT2D eigenvalue weighted by atomic mass is 9.90. The smallest absolute Gasteiger partial charge is 0.214 e. The van der Waals surface area contributed by atoms with E-state index in [0.29, 0.717) is 9.93 Å². The lowest BCUT2D eigenvalue weighted by Crippen LogP contribution is -2.27. The molecule has 0 fully saturated rings. The molecule has 2 nitrogen and oxygen atoms in total. The minimum Gasteiger partial charge on any atom is -0.372 e. The molecule has 1 aromatic rings. The van der Waals surface area contributed by atoms with Gasteiger partial charge in [0.2, 0.25) is 5.43 Å². The highest BCUT2D eigenvalue weighted by atomic mass is 32.2. The van der Waals surface area contributed by atoms with Crippen LogP contribution in [0.4, 0.5) is 5.69 Å². The summed E-state index contributed by atoms with van der Waals surface area (Å²) in [6, 6.07) is 0. The van der Waals surface area contributed by atoms with Crippen LogP contribution in [0.1, 0.15) is 33.6 Å². The van der Waals surface area contributed by atoms with E-state index < -0.39 is 0 Å². The average Bonchev–Trinajstić information content (AvgIpc) is 2.22. The summed E-state index contributed by atoms with van der Waals surface area (Å²) in [7, 11) is 2.02. The van der Waals surface area contributed by atoms with Gasteiger partial charge in [0.15, 0.2) is 0 Å². The van der Waals surface area contributed by atoms with E-state index in [0.717, 1.165) is 23.5 Å². The minimum absolute atomic E-state index is 0.0465. The molecule has 0 bridgehead atoms. The van der Waals surface area contributed by atoms with Gasteiger partial charge in [0.05, 0.1) is 10.6 Å². The van der Waals surface area contributed by atoms with Crippen molar-refractivity contribution in [2.45, 2.75) is 38.5 Å². The molecule has 0 saturated carbocycles. The average molecular weight is 271 g/mol. The van der Waals surface area contributed by atoms with Gasteiger partial charge in [-0.05, 0) is 24.5 Å². The van der Waals surface area contributed by atoms with Crippen LogP contribution in [0.25, 0.3) is 0 Å². The number of hydrogen-bond donors (Lipinski definition) is 0. The predicted octanol–water partition coefficient (Wildman–Crippen LogP) is 3.64. The number of thioether (sulfide) groups is 1. The maximum atomic E-state index is 11.5. The van der Waals surface area contributed by atoms with Gasteiger partial charge in [0.25, 0.3) is 0 Å². The Morgan fingerprint density at radius 3 is 2.41 bits per heavy atom. The molecule has 0 heterocycles. The zero-order valence-electron chi connectivity index (χ0n) is 11.3. The van der Waals surface area contributed by atoms with Gasteiger partial charge in [-0.2, -0.15) is 0 Å². The molecule has 0 amide bonds. The van der Waals surface area contributed by atoms with E-state index in [4.69, 9.17) is 12.2 Å². The van der Waals surface area contributed by atoms with Gasteiger partial charge >= 0.3 is 0 Å². The van der Waals surface area contributed by atoms with Gasteiger partial charge in [0.1, 0.15) is 4.51 Å². The summed E-state index contributed by atoms with van der Waals surface area (Å²) in [6.07, 6.45) is 4.24. The largest absolute Gasteiger partial charge is 0.372 e. The van der Waals surface area contributed by atoms with Crippen LogP contribution in [0.5, 0.6) is 0 Å². The summed E-state index contributed by atoms with van der Waals surface area (Å²) in [5, 5.41) is 0. The van der Waals surface area contributed by atoms with Crippen molar-refractivity contribution in [2.24, 2.45) is 5.41 Å². The van der Waals surface area contributed by atoms with E-state index in [9.17, 15) is 4.79 Å². The number of hydrogen-bond acceptors (Lipinski definition) is 4. The highest BCUT2D eigenvalue weighted by molar-refractivity contribution is 7.98. The fraction of sp³-hybridized carbons (Fsp3) is 0.692. The van der Waals surface area contributed by atoms with Crippen LogP contribution in [0, 0.1) is 9.93 Å². The molecular weight excluding hydrogens is 250 g/mol. The van der Waals surface area contributed by atoms with Crippen LogP contribution < -0.4 is 10.3 Å². The molecule has 0 saturated heterocycles. The third-order valence-electron chi connectivity index (χ3n) is 2.85. The van der Waals surface area contributed by atoms with Gasteiger partial charge in [-0.1, -0.05) is 33.0 Å². The molecule has 0 radical (unpaired) electrons. The van der Waals surface area contributed by atoms with Crippen LogP contribution >= 0.6 is 24.0 Å². The second-order valence-electron chi connectivity index (χ2n) is 5.63. The molecule has 0 aromatic heterocycles. The lowest BCUT2D eigenvalue weighted by molar-refractivity contribution is 0.367. The van der Waals surface area contributed by atoms with Gasteiger partial charge in [-0.15, -0.1) is 11.8 Å². The summed E-state index contributed by atoms with van der Waals surface area (Å²) < 4.78 is 0.507. The molecule has 0 atom stereocenters. The summed E-state index contributed by atoms with van der Waals surface area (Å²) in [6.45, 7) is 7.70. The van der Waals surface area contributed by atoms with E-state index in [1.807, 2.05) is 13.3 Å². The van der Waals surface area contributed by atoms with Crippen molar-refractivity contribution in [3.63, 3.8) is 0 Å². The number of rotatable bonds is 5. The van der Waals surface area contributed by atoms with Crippen molar-refractivity contribution in [2.75, 3.05) is 24.7 Å². The Balaban J connectivity index is 2.60. The van der Waals surface area contributed by atoms with Crippen LogP contribution in [0.2, 0.25) is 0 Å². The highest BCUT2D eigenvalue weighted by Crippen LogP contribution is 2.30. The van der Waals surface area contributed by atoms with Crippen molar-refractivity contribution >= 4 is 29.7 Å². The fourth-order valence-electron chi connectivity index (χ4n) is 1.85. The van der Waals surface area contributed by atoms with Crippen molar-refractivity contribution in [1.29, 1.82) is 0 Å². The van der Waals surface area contributed by atoms with Gasteiger partial charge < -0.3 is 4.90 Å². The van der Waals surface area contributed by atoms with E-state index in [1.165, 1.54) is 18.2 Å². The Kier molecular flexibility index (Phi) is 4.78. The van der Waals surface area contributed by atoms with E-state index >= 15 is 0 Å². The second-order valence-corrected chi connectivity index (χ2v) is 6.85. The standard InChI is InChI=1S/C13H21NOS2/c1-13(2,3)7-6-8-14(4)9-11(16)10(15)12(9)17-5/h6-8H2,1-5H3. The van der Waals surface area contributed by atoms with Crippen molar-refractivity contribution < 1.29 is 0 Å². The normalized spacial score (nSPS) is 12.1.